The number of nitrogens with one attached hydrogen (secondary N) is 1. The van der Waals surface area contributed by atoms with Crippen LogP contribution in [0.5, 0.6) is 11.5 Å². The maximum absolute atomic E-state index is 12.7. The van der Waals surface area contributed by atoms with Crippen LogP contribution in [0.4, 0.5) is 0 Å². The molecule has 0 saturated heterocycles. The molecule has 0 fully saturated rings. The van der Waals surface area contributed by atoms with Gasteiger partial charge in [0.1, 0.15) is 6.61 Å². The number of carbonyl (C=O) groups excluding carboxylic acids is 1. The van der Waals surface area contributed by atoms with Crippen molar-refractivity contribution in [2.75, 3.05) is 7.11 Å². The standard InChI is InChI=1S/C26H24ClN3O3/c1-32-25-14-22(7-10-24(25)33-17-19-5-8-23(27)9-6-19)26(31)29-15-20-3-2-4-21(13-20)16-30-12-11-28-18-30/h2-14,18H,15-17H2,1H3,(H,29,31). The lowest BCUT2D eigenvalue weighted by Crippen LogP contribution is -2.22. The second-order valence-electron chi connectivity index (χ2n) is 7.52. The molecule has 0 saturated carbocycles. The van der Waals surface area contributed by atoms with E-state index in [-0.39, 0.29) is 5.91 Å². The molecule has 0 radical (unpaired) electrons. The van der Waals surface area contributed by atoms with Gasteiger partial charge in [0.25, 0.3) is 5.91 Å². The molecular formula is C26H24ClN3O3. The van der Waals surface area contributed by atoms with Crippen molar-refractivity contribution >= 4 is 17.5 Å². The molecule has 1 amide bonds. The van der Waals surface area contributed by atoms with Gasteiger partial charge in [-0.1, -0.05) is 48.0 Å². The summed E-state index contributed by atoms with van der Waals surface area (Å²) < 4.78 is 13.3. The lowest BCUT2D eigenvalue weighted by molar-refractivity contribution is 0.0950. The zero-order valence-corrected chi connectivity index (χ0v) is 19.0. The maximum Gasteiger partial charge on any atom is 0.251 e. The number of benzene rings is 3. The van der Waals surface area contributed by atoms with Crippen molar-refractivity contribution in [3.63, 3.8) is 0 Å². The molecule has 33 heavy (non-hydrogen) atoms. The molecule has 4 rings (SSSR count). The van der Waals surface area contributed by atoms with E-state index in [4.69, 9.17) is 21.1 Å². The van der Waals surface area contributed by atoms with Gasteiger partial charge < -0.3 is 19.4 Å². The van der Waals surface area contributed by atoms with E-state index in [2.05, 4.69) is 22.4 Å². The molecule has 7 heteroatoms. The Balaban J connectivity index is 1.36. The van der Waals surface area contributed by atoms with Crippen LogP contribution in [0.3, 0.4) is 0 Å². The minimum absolute atomic E-state index is 0.183. The summed E-state index contributed by atoms with van der Waals surface area (Å²) >= 11 is 5.92. The van der Waals surface area contributed by atoms with Crippen LogP contribution in [0.1, 0.15) is 27.0 Å². The molecule has 1 heterocycles. The first-order valence-corrected chi connectivity index (χ1v) is 10.9. The van der Waals surface area contributed by atoms with Crippen molar-refractivity contribution in [2.45, 2.75) is 19.7 Å². The molecule has 0 unspecified atom stereocenters. The lowest BCUT2D eigenvalue weighted by atomic mass is 10.1. The number of carbonyl (C=O) groups is 1. The summed E-state index contributed by atoms with van der Waals surface area (Å²) in [5, 5.41) is 3.65. The van der Waals surface area contributed by atoms with Crippen molar-refractivity contribution in [3.8, 4) is 11.5 Å². The molecule has 0 atom stereocenters. The average molecular weight is 462 g/mol. The number of aromatic nitrogens is 2. The van der Waals surface area contributed by atoms with E-state index in [1.807, 2.05) is 47.2 Å². The van der Waals surface area contributed by atoms with Gasteiger partial charge in [-0.05, 0) is 47.0 Å². The average Bonchev–Trinajstić information content (AvgIpc) is 3.35. The lowest BCUT2D eigenvalue weighted by Gasteiger charge is -2.13. The minimum Gasteiger partial charge on any atom is -0.493 e. The minimum atomic E-state index is -0.183. The molecule has 0 bridgehead atoms. The number of rotatable bonds is 9. The summed E-state index contributed by atoms with van der Waals surface area (Å²) in [4.78, 5) is 16.8. The van der Waals surface area contributed by atoms with E-state index in [0.717, 1.165) is 23.2 Å². The van der Waals surface area contributed by atoms with Gasteiger partial charge in [0, 0.05) is 36.1 Å². The quantitative estimate of drug-likeness (QED) is 0.376. The zero-order chi connectivity index (χ0) is 23.0. The molecule has 1 N–H and O–H groups in total. The van der Waals surface area contributed by atoms with Crippen LogP contribution in [-0.4, -0.2) is 22.6 Å². The summed E-state index contributed by atoms with van der Waals surface area (Å²) in [6.45, 7) is 1.53. The van der Waals surface area contributed by atoms with E-state index in [0.29, 0.717) is 35.2 Å². The van der Waals surface area contributed by atoms with Gasteiger partial charge in [0.15, 0.2) is 11.5 Å². The number of hydrogen-bond acceptors (Lipinski definition) is 4. The van der Waals surface area contributed by atoms with Gasteiger partial charge in [0.2, 0.25) is 0 Å². The van der Waals surface area contributed by atoms with E-state index in [1.54, 1.807) is 37.8 Å². The molecule has 0 spiro atoms. The fourth-order valence-electron chi connectivity index (χ4n) is 3.38. The van der Waals surface area contributed by atoms with Crippen LogP contribution in [0.25, 0.3) is 0 Å². The maximum atomic E-state index is 12.7. The Morgan fingerprint density at radius 2 is 1.82 bits per heavy atom. The number of halogens is 1. The predicted molar refractivity (Wildman–Crippen MR) is 128 cm³/mol. The van der Waals surface area contributed by atoms with Gasteiger partial charge in [-0.25, -0.2) is 4.98 Å². The largest absolute Gasteiger partial charge is 0.493 e. The molecule has 3 aromatic carbocycles. The number of imidazole rings is 1. The third kappa shape index (κ3) is 6.14. The number of hydrogen-bond donors (Lipinski definition) is 1. The molecule has 0 aliphatic rings. The van der Waals surface area contributed by atoms with Gasteiger partial charge in [-0.2, -0.15) is 0 Å². The number of methoxy groups -OCH3 is 1. The third-order valence-corrected chi connectivity index (χ3v) is 5.35. The highest BCUT2D eigenvalue weighted by molar-refractivity contribution is 6.30. The number of amides is 1. The van der Waals surface area contributed by atoms with E-state index in [9.17, 15) is 4.79 Å². The van der Waals surface area contributed by atoms with Gasteiger partial charge in [-0.3, -0.25) is 4.79 Å². The SMILES string of the molecule is COc1cc(C(=O)NCc2cccc(Cn3ccnc3)c2)ccc1OCc1ccc(Cl)cc1. The highest BCUT2D eigenvalue weighted by atomic mass is 35.5. The topological polar surface area (TPSA) is 65.4 Å². The summed E-state index contributed by atoms with van der Waals surface area (Å²) in [6, 6.07) is 20.7. The Morgan fingerprint density at radius 3 is 2.58 bits per heavy atom. The summed E-state index contributed by atoms with van der Waals surface area (Å²) in [5.41, 5.74) is 3.65. The number of ether oxygens (including phenoxy) is 2. The second kappa shape index (κ2) is 10.7. The molecule has 6 nitrogen and oxygen atoms in total. The predicted octanol–water partition coefficient (Wildman–Crippen LogP) is 5.10. The molecule has 4 aromatic rings. The van der Waals surface area contributed by atoms with Crippen LogP contribution in [0, 0.1) is 0 Å². The number of nitrogens with zero attached hydrogens (tertiary/aromatic N) is 2. The molecular weight excluding hydrogens is 438 g/mol. The first-order valence-electron chi connectivity index (χ1n) is 10.5. The Labute approximate surface area is 197 Å². The van der Waals surface area contributed by atoms with Crippen molar-refractivity contribution in [2.24, 2.45) is 0 Å². The Kier molecular flexibility index (Phi) is 7.27. The van der Waals surface area contributed by atoms with Crippen LogP contribution in [0.2, 0.25) is 5.02 Å². The first kappa shape index (κ1) is 22.4. The van der Waals surface area contributed by atoms with Crippen molar-refractivity contribution < 1.29 is 14.3 Å². The van der Waals surface area contributed by atoms with E-state index in [1.165, 1.54) is 0 Å². The Morgan fingerprint density at radius 1 is 1.00 bits per heavy atom. The van der Waals surface area contributed by atoms with E-state index >= 15 is 0 Å². The summed E-state index contributed by atoms with van der Waals surface area (Å²) in [6.07, 6.45) is 5.46. The van der Waals surface area contributed by atoms with Gasteiger partial charge in [-0.15, -0.1) is 0 Å². The molecule has 1 aromatic heterocycles. The van der Waals surface area contributed by atoms with Gasteiger partial charge in [0.05, 0.1) is 13.4 Å². The monoisotopic (exact) mass is 461 g/mol. The normalized spacial score (nSPS) is 10.6. The second-order valence-corrected chi connectivity index (χ2v) is 7.95. The summed E-state index contributed by atoms with van der Waals surface area (Å²) in [5.74, 6) is 0.882. The third-order valence-electron chi connectivity index (χ3n) is 5.10. The highest BCUT2D eigenvalue weighted by Gasteiger charge is 2.12. The molecule has 0 aliphatic carbocycles. The summed E-state index contributed by atoms with van der Waals surface area (Å²) in [7, 11) is 1.55. The van der Waals surface area contributed by atoms with Gasteiger partial charge >= 0.3 is 0 Å². The highest BCUT2D eigenvalue weighted by Crippen LogP contribution is 2.29. The zero-order valence-electron chi connectivity index (χ0n) is 18.2. The van der Waals surface area contributed by atoms with Crippen LogP contribution >= 0.6 is 11.6 Å². The van der Waals surface area contributed by atoms with Crippen LogP contribution < -0.4 is 14.8 Å². The Bertz CT molecular complexity index is 1210. The van der Waals surface area contributed by atoms with Crippen LogP contribution in [0.15, 0.2) is 85.5 Å². The van der Waals surface area contributed by atoms with E-state index < -0.39 is 0 Å². The van der Waals surface area contributed by atoms with Crippen molar-refractivity contribution in [1.82, 2.24) is 14.9 Å². The first-order chi connectivity index (χ1) is 16.1. The Hall–Kier alpha value is -3.77. The fourth-order valence-corrected chi connectivity index (χ4v) is 3.51. The van der Waals surface area contributed by atoms with Crippen molar-refractivity contribution in [1.29, 1.82) is 0 Å². The smallest absolute Gasteiger partial charge is 0.251 e. The molecule has 168 valence electrons. The fraction of sp³-hybridized carbons (Fsp3) is 0.154. The molecule has 0 aliphatic heterocycles. The van der Waals surface area contributed by atoms with Crippen LogP contribution in [-0.2, 0) is 19.7 Å². The van der Waals surface area contributed by atoms with Crippen molar-refractivity contribution in [3.05, 3.63) is 113 Å².